The quantitative estimate of drug-likeness (QED) is 0.911. The van der Waals surface area contributed by atoms with Crippen molar-refractivity contribution in [2.45, 2.75) is 38.5 Å². The van der Waals surface area contributed by atoms with Gasteiger partial charge in [0.1, 0.15) is 0 Å². The van der Waals surface area contributed by atoms with Crippen LogP contribution >= 0.6 is 0 Å². The summed E-state index contributed by atoms with van der Waals surface area (Å²) in [6.45, 7) is 8.75. The lowest BCUT2D eigenvalue weighted by Gasteiger charge is -2.40. The van der Waals surface area contributed by atoms with E-state index in [1.54, 1.807) is 5.56 Å². The van der Waals surface area contributed by atoms with Crippen LogP contribution in [-0.2, 0) is 0 Å². The Morgan fingerprint density at radius 1 is 1.10 bits per heavy atom. The van der Waals surface area contributed by atoms with Gasteiger partial charge >= 0.3 is 0 Å². The van der Waals surface area contributed by atoms with Crippen LogP contribution in [0.3, 0.4) is 0 Å². The third kappa shape index (κ3) is 3.87. The summed E-state index contributed by atoms with van der Waals surface area (Å²) in [4.78, 5) is 2.75. The van der Waals surface area contributed by atoms with E-state index in [9.17, 15) is 0 Å². The molecule has 0 aromatic heterocycles. The second kappa shape index (κ2) is 7.42. The van der Waals surface area contributed by atoms with E-state index in [2.05, 4.69) is 47.5 Å². The Balaban J connectivity index is 1.58. The number of nitrogens with one attached hydrogen (secondary N) is 1. The van der Waals surface area contributed by atoms with Gasteiger partial charge in [0.05, 0.1) is 0 Å². The van der Waals surface area contributed by atoms with Gasteiger partial charge in [-0.25, -0.2) is 0 Å². The van der Waals surface area contributed by atoms with Gasteiger partial charge in [-0.3, -0.25) is 0 Å². The van der Waals surface area contributed by atoms with Gasteiger partial charge in [0.15, 0.2) is 0 Å². The highest BCUT2D eigenvalue weighted by molar-refractivity contribution is 5.21. The molecule has 0 bridgehead atoms. The summed E-state index contributed by atoms with van der Waals surface area (Å²) in [7, 11) is 0. The fraction of sp³-hybridized carbons (Fsp3) is 0.684. The van der Waals surface area contributed by atoms with Gasteiger partial charge in [-0.1, -0.05) is 43.7 Å². The van der Waals surface area contributed by atoms with Crippen LogP contribution in [0.25, 0.3) is 0 Å². The summed E-state index contributed by atoms with van der Waals surface area (Å²) in [6.07, 6.45) is 5.39. The number of hydrogen-bond acceptors (Lipinski definition) is 2. The van der Waals surface area contributed by atoms with Crippen molar-refractivity contribution in [2.75, 3.05) is 32.7 Å². The van der Waals surface area contributed by atoms with Crippen LogP contribution in [0.5, 0.6) is 0 Å². The second-order valence-corrected chi connectivity index (χ2v) is 6.93. The van der Waals surface area contributed by atoms with Gasteiger partial charge in [-0.05, 0) is 62.2 Å². The molecular formula is C19H30N2. The number of rotatable bonds is 4. The molecule has 2 saturated heterocycles. The van der Waals surface area contributed by atoms with Gasteiger partial charge in [0.25, 0.3) is 0 Å². The molecular weight excluding hydrogens is 256 g/mol. The van der Waals surface area contributed by atoms with Crippen LogP contribution in [0.4, 0.5) is 0 Å². The summed E-state index contributed by atoms with van der Waals surface area (Å²) < 4.78 is 0. The zero-order valence-corrected chi connectivity index (χ0v) is 13.4. The SMILES string of the molecule is CCC1CN(CC2CCNCC2)CCC1c1ccccc1. The minimum absolute atomic E-state index is 0.778. The highest BCUT2D eigenvalue weighted by Crippen LogP contribution is 2.35. The van der Waals surface area contributed by atoms with Crippen LogP contribution in [0.1, 0.15) is 44.1 Å². The molecule has 116 valence electrons. The molecule has 1 aromatic rings. The first kappa shape index (κ1) is 15.1. The number of hydrogen-bond donors (Lipinski definition) is 1. The third-order valence-electron chi connectivity index (χ3n) is 5.55. The van der Waals surface area contributed by atoms with E-state index in [0.717, 1.165) is 17.8 Å². The van der Waals surface area contributed by atoms with Crippen LogP contribution in [0.2, 0.25) is 0 Å². The molecule has 2 fully saturated rings. The van der Waals surface area contributed by atoms with Crippen LogP contribution < -0.4 is 5.32 Å². The highest BCUT2D eigenvalue weighted by Gasteiger charge is 2.30. The molecule has 1 N–H and O–H groups in total. The topological polar surface area (TPSA) is 15.3 Å². The van der Waals surface area contributed by atoms with Gasteiger partial charge in [-0.15, -0.1) is 0 Å². The lowest BCUT2D eigenvalue weighted by molar-refractivity contribution is 0.122. The first-order valence-corrected chi connectivity index (χ1v) is 8.85. The van der Waals surface area contributed by atoms with Crippen molar-refractivity contribution in [3.8, 4) is 0 Å². The molecule has 2 nitrogen and oxygen atoms in total. The summed E-state index contributed by atoms with van der Waals surface area (Å²) in [5.41, 5.74) is 1.56. The first-order valence-electron chi connectivity index (χ1n) is 8.85. The maximum absolute atomic E-state index is 3.48. The third-order valence-corrected chi connectivity index (χ3v) is 5.55. The minimum Gasteiger partial charge on any atom is -0.317 e. The second-order valence-electron chi connectivity index (χ2n) is 6.93. The van der Waals surface area contributed by atoms with E-state index in [0.29, 0.717) is 0 Å². The Kier molecular flexibility index (Phi) is 5.32. The van der Waals surface area contributed by atoms with E-state index in [-0.39, 0.29) is 0 Å². The molecule has 2 aliphatic heterocycles. The summed E-state index contributed by atoms with van der Waals surface area (Å²) in [5, 5.41) is 3.48. The van der Waals surface area contributed by atoms with Crippen molar-refractivity contribution in [3.05, 3.63) is 35.9 Å². The van der Waals surface area contributed by atoms with Crippen molar-refractivity contribution in [3.63, 3.8) is 0 Å². The summed E-state index contributed by atoms with van der Waals surface area (Å²) in [5.74, 6) is 2.54. The Bertz CT molecular complexity index is 411. The van der Waals surface area contributed by atoms with Crippen molar-refractivity contribution < 1.29 is 0 Å². The molecule has 2 heterocycles. The molecule has 2 aliphatic rings. The molecule has 21 heavy (non-hydrogen) atoms. The molecule has 2 unspecified atom stereocenters. The fourth-order valence-electron chi connectivity index (χ4n) is 4.26. The fourth-order valence-corrected chi connectivity index (χ4v) is 4.26. The largest absolute Gasteiger partial charge is 0.317 e. The van der Waals surface area contributed by atoms with Gasteiger partial charge in [0, 0.05) is 13.1 Å². The monoisotopic (exact) mass is 286 g/mol. The van der Waals surface area contributed by atoms with Crippen molar-refractivity contribution >= 4 is 0 Å². The van der Waals surface area contributed by atoms with Crippen molar-refractivity contribution in [1.29, 1.82) is 0 Å². The van der Waals surface area contributed by atoms with Crippen molar-refractivity contribution in [1.82, 2.24) is 10.2 Å². The molecule has 1 aromatic carbocycles. The zero-order valence-electron chi connectivity index (χ0n) is 13.4. The Hall–Kier alpha value is -0.860. The lowest BCUT2D eigenvalue weighted by atomic mass is 9.79. The predicted octanol–water partition coefficient (Wildman–Crippen LogP) is 3.50. The molecule has 0 amide bonds. The molecule has 2 heteroatoms. The Morgan fingerprint density at radius 3 is 2.57 bits per heavy atom. The van der Waals surface area contributed by atoms with Gasteiger partial charge in [0.2, 0.25) is 0 Å². The standard InChI is InChI=1S/C19H30N2/c1-2-17-15-21(14-16-8-11-20-12-9-16)13-10-19(17)18-6-4-3-5-7-18/h3-7,16-17,19-20H,2,8-15H2,1H3. The normalized spacial score (nSPS) is 28.6. The first-order chi connectivity index (χ1) is 10.4. The van der Waals surface area contributed by atoms with Gasteiger partial charge in [-0.2, -0.15) is 0 Å². The van der Waals surface area contributed by atoms with E-state index >= 15 is 0 Å². The average molecular weight is 286 g/mol. The average Bonchev–Trinajstić information content (AvgIpc) is 2.56. The maximum Gasteiger partial charge on any atom is 0.00155 e. The minimum atomic E-state index is 0.778. The van der Waals surface area contributed by atoms with E-state index in [4.69, 9.17) is 0 Å². The summed E-state index contributed by atoms with van der Waals surface area (Å²) >= 11 is 0. The summed E-state index contributed by atoms with van der Waals surface area (Å²) in [6, 6.07) is 11.2. The molecule has 0 saturated carbocycles. The number of benzene rings is 1. The molecule has 0 spiro atoms. The predicted molar refractivity (Wildman–Crippen MR) is 89.6 cm³/mol. The number of piperidine rings is 2. The van der Waals surface area contributed by atoms with Crippen LogP contribution in [0, 0.1) is 11.8 Å². The van der Waals surface area contributed by atoms with E-state index in [1.165, 1.54) is 58.4 Å². The van der Waals surface area contributed by atoms with E-state index < -0.39 is 0 Å². The lowest BCUT2D eigenvalue weighted by Crippen LogP contribution is -2.43. The number of nitrogens with zero attached hydrogens (tertiary/aromatic N) is 1. The molecule has 2 atom stereocenters. The van der Waals surface area contributed by atoms with E-state index in [1.807, 2.05) is 0 Å². The molecule has 0 radical (unpaired) electrons. The zero-order chi connectivity index (χ0) is 14.5. The van der Waals surface area contributed by atoms with Crippen molar-refractivity contribution in [2.24, 2.45) is 11.8 Å². The number of likely N-dealkylation sites (tertiary alicyclic amines) is 1. The smallest absolute Gasteiger partial charge is 0.00155 e. The molecule has 0 aliphatic carbocycles. The van der Waals surface area contributed by atoms with Crippen LogP contribution in [0.15, 0.2) is 30.3 Å². The Morgan fingerprint density at radius 2 is 1.86 bits per heavy atom. The maximum atomic E-state index is 3.48. The highest BCUT2D eigenvalue weighted by atomic mass is 15.1. The Labute approximate surface area is 129 Å². The van der Waals surface area contributed by atoms with Crippen LogP contribution in [-0.4, -0.2) is 37.6 Å². The molecule has 3 rings (SSSR count). The van der Waals surface area contributed by atoms with Gasteiger partial charge < -0.3 is 10.2 Å².